The van der Waals surface area contributed by atoms with Crippen LogP contribution in [0.5, 0.6) is 0 Å². The van der Waals surface area contributed by atoms with E-state index in [1.807, 2.05) is 18.2 Å². The summed E-state index contributed by atoms with van der Waals surface area (Å²) in [6.45, 7) is 3.88. The van der Waals surface area contributed by atoms with Crippen LogP contribution < -0.4 is 0 Å². The highest BCUT2D eigenvalue weighted by Gasteiger charge is 2.25. The van der Waals surface area contributed by atoms with Gasteiger partial charge < -0.3 is 0 Å². The molecule has 1 saturated heterocycles. The second-order valence-electron chi connectivity index (χ2n) is 6.56. The average Bonchev–Trinajstić information content (AvgIpc) is 2.57. The molecular formula is C19H24N2O2S. The Morgan fingerprint density at radius 2 is 1.67 bits per heavy atom. The summed E-state index contributed by atoms with van der Waals surface area (Å²) in [5.41, 5.74) is 2.50. The van der Waals surface area contributed by atoms with Crippen LogP contribution in [0.15, 0.2) is 59.5 Å². The van der Waals surface area contributed by atoms with Gasteiger partial charge in [-0.25, -0.2) is 8.42 Å². The maximum absolute atomic E-state index is 11.6. The van der Waals surface area contributed by atoms with Gasteiger partial charge in [-0.15, -0.1) is 0 Å². The van der Waals surface area contributed by atoms with Crippen LogP contribution in [0.3, 0.4) is 0 Å². The van der Waals surface area contributed by atoms with Gasteiger partial charge >= 0.3 is 0 Å². The molecule has 1 atom stereocenters. The second kappa shape index (κ2) is 7.05. The van der Waals surface area contributed by atoms with Gasteiger partial charge in [0.05, 0.1) is 4.90 Å². The summed E-state index contributed by atoms with van der Waals surface area (Å²) < 4.78 is 23.1. The number of piperazine rings is 1. The summed E-state index contributed by atoms with van der Waals surface area (Å²) in [5, 5.41) is 0. The van der Waals surface area contributed by atoms with E-state index < -0.39 is 9.84 Å². The van der Waals surface area contributed by atoms with Crippen LogP contribution in [0.4, 0.5) is 0 Å². The van der Waals surface area contributed by atoms with Crippen molar-refractivity contribution < 1.29 is 8.42 Å². The van der Waals surface area contributed by atoms with Gasteiger partial charge in [-0.1, -0.05) is 42.5 Å². The van der Waals surface area contributed by atoms with E-state index >= 15 is 0 Å². The summed E-state index contributed by atoms with van der Waals surface area (Å²) in [6.07, 6.45) is 1.24. The summed E-state index contributed by atoms with van der Waals surface area (Å²) in [6, 6.07) is 18.3. The fourth-order valence-corrected chi connectivity index (χ4v) is 3.84. The van der Waals surface area contributed by atoms with E-state index in [0.717, 1.165) is 31.7 Å². The van der Waals surface area contributed by atoms with Crippen molar-refractivity contribution in [3.63, 3.8) is 0 Å². The normalized spacial score (nSPS) is 20.2. The van der Waals surface area contributed by atoms with Gasteiger partial charge in [0.1, 0.15) is 0 Å². The molecule has 0 amide bonds. The van der Waals surface area contributed by atoms with Gasteiger partial charge in [-0.3, -0.25) is 9.80 Å². The number of rotatable bonds is 4. The zero-order chi connectivity index (χ0) is 17.2. The first-order valence-electron chi connectivity index (χ1n) is 8.20. The van der Waals surface area contributed by atoms with Crippen LogP contribution in [0.1, 0.15) is 17.2 Å². The monoisotopic (exact) mass is 344 g/mol. The lowest BCUT2D eigenvalue weighted by atomic mass is 10.0. The second-order valence-corrected chi connectivity index (χ2v) is 8.57. The van der Waals surface area contributed by atoms with Crippen molar-refractivity contribution >= 4 is 9.84 Å². The van der Waals surface area contributed by atoms with Gasteiger partial charge in [0.2, 0.25) is 0 Å². The van der Waals surface area contributed by atoms with E-state index in [9.17, 15) is 8.42 Å². The van der Waals surface area contributed by atoms with E-state index in [-0.39, 0.29) is 0 Å². The number of hydrogen-bond donors (Lipinski definition) is 0. The van der Waals surface area contributed by atoms with E-state index in [4.69, 9.17) is 0 Å². The molecule has 4 nitrogen and oxygen atoms in total. The predicted octanol–water partition coefficient (Wildman–Crippen LogP) is 2.58. The third-order valence-electron chi connectivity index (χ3n) is 4.67. The lowest BCUT2D eigenvalue weighted by molar-refractivity contribution is 0.0905. The highest BCUT2D eigenvalue weighted by atomic mass is 32.2. The first-order valence-corrected chi connectivity index (χ1v) is 10.1. The molecule has 0 spiro atoms. The molecule has 0 aliphatic carbocycles. The maximum Gasteiger partial charge on any atom is 0.175 e. The number of benzene rings is 2. The van der Waals surface area contributed by atoms with Gasteiger partial charge in [0.25, 0.3) is 0 Å². The fourth-order valence-electron chi connectivity index (χ4n) is 3.21. The third-order valence-corrected chi connectivity index (χ3v) is 5.80. The summed E-state index contributed by atoms with van der Waals surface area (Å²) >= 11 is 0. The van der Waals surface area contributed by atoms with Crippen LogP contribution in [-0.4, -0.2) is 51.2 Å². The lowest BCUT2D eigenvalue weighted by Crippen LogP contribution is -2.46. The molecule has 3 rings (SSSR count). The average molecular weight is 344 g/mol. The summed E-state index contributed by atoms with van der Waals surface area (Å²) in [4.78, 5) is 5.22. The lowest BCUT2D eigenvalue weighted by Gasteiger charge is -2.39. The molecule has 2 aromatic rings. The molecule has 5 heteroatoms. The Hall–Kier alpha value is -1.69. The van der Waals surface area contributed by atoms with Gasteiger partial charge in [0, 0.05) is 38.5 Å². The Labute approximate surface area is 144 Å². The highest BCUT2D eigenvalue weighted by molar-refractivity contribution is 7.90. The Bertz CT molecular complexity index is 773. The van der Waals surface area contributed by atoms with Crippen molar-refractivity contribution in [1.82, 2.24) is 9.80 Å². The van der Waals surface area contributed by atoms with Crippen LogP contribution in [0.2, 0.25) is 0 Å². The molecule has 0 radical (unpaired) electrons. The predicted molar refractivity (Wildman–Crippen MR) is 96.6 cm³/mol. The zero-order valence-electron chi connectivity index (χ0n) is 14.2. The number of hydrogen-bond acceptors (Lipinski definition) is 4. The largest absolute Gasteiger partial charge is 0.297 e. The quantitative estimate of drug-likeness (QED) is 0.855. The smallest absolute Gasteiger partial charge is 0.175 e. The van der Waals surface area contributed by atoms with Gasteiger partial charge in [-0.05, 0) is 30.3 Å². The van der Waals surface area contributed by atoms with Crippen molar-refractivity contribution in [2.45, 2.75) is 17.5 Å². The molecule has 24 heavy (non-hydrogen) atoms. The van der Waals surface area contributed by atoms with Gasteiger partial charge in [-0.2, -0.15) is 0 Å². The van der Waals surface area contributed by atoms with E-state index in [0.29, 0.717) is 10.9 Å². The molecule has 1 aliphatic heterocycles. The van der Waals surface area contributed by atoms with Crippen molar-refractivity contribution in [3.8, 4) is 0 Å². The Morgan fingerprint density at radius 3 is 2.29 bits per heavy atom. The minimum absolute atomic E-state index is 0.381. The molecule has 1 unspecified atom stereocenters. The topological polar surface area (TPSA) is 40.6 Å². The Morgan fingerprint density at radius 1 is 1.00 bits per heavy atom. The molecule has 1 heterocycles. The van der Waals surface area contributed by atoms with Crippen molar-refractivity contribution in [2.24, 2.45) is 0 Å². The minimum Gasteiger partial charge on any atom is -0.297 e. The molecular weight excluding hydrogens is 320 g/mol. The van der Waals surface area contributed by atoms with Crippen molar-refractivity contribution in [1.29, 1.82) is 0 Å². The summed E-state index contributed by atoms with van der Waals surface area (Å²) in [7, 11) is -0.949. The van der Waals surface area contributed by atoms with Gasteiger partial charge in [0.15, 0.2) is 9.84 Å². The highest BCUT2D eigenvalue weighted by Crippen LogP contribution is 2.25. The summed E-state index contributed by atoms with van der Waals surface area (Å²) in [5.74, 6) is 0. The van der Waals surface area contributed by atoms with Crippen molar-refractivity contribution in [3.05, 3.63) is 65.7 Å². The first-order chi connectivity index (χ1) is 11.4. The number of sulfone groups is 1. The number of nitrogens with zero attached hydrogens (tertiary/aromatic N) is 2. The molecule has 0 aromatic heterocycles. The number of likely N-dealkylation sites (N-methyl/N-ethyl adjacent to an activating group) is 1. The standard InChI is InChI=1S/C19H24N2O2S/c1-20-12-13-21(15-19(20)17-6-4-3-5-7-17)14-16-8-10-18(11-9-16)24(2,22)23/h3-11,19H,12-15H2,1-2H3. The molecule has 1 aliphatic rings. The molecule has 2 aromatic carbocycles. The van der Waals surface area contributed by atoms with Crippen LogP contribution >= 0.6 is 0 Å². The Kier molecular flexibility index (Phi) is 5.04. The SMILES string of the molecule is CN1CCN(Cc2ccc(S(C)(=O)=O)cc2)CC1c1ccccc1. The van der Waals surface area contributed by atoms with Crippen molar-refractivity contribution in [2.75, 3.05) is 32.9 Å². The van der Waals surface area contributed by atoms with Crippen LogP contribution in [0, 0.1) is 0 Å². The fraction of sp³-hybridized carbons (Fsp3) is 0.368. The van der Waals surface area contributed by atoms with Crippen LogP contribution in [0.25, 0.3) is 0 Å². The molecule has 1 fully saturated rings. The van der Waals surface area contributed by atoms with E-state index in [1.54, 1.807) is 12.1 Å². The van der Waals surface area contributed by atoms with E-state index in [1.165, 1.54) is 11.8 Å². The molecule has 0 bridgehead atoms. The molecule has 0 N–H and O–H groups in total. The van der Waals surface area contributed by atoms with Crippen LogP contribution in [-0.2, 0) is 16.4 Å². The minimum atomic E-state index is -3.13. The first kappa shape index (κ1) is 17.1. The van der Waals surface area contributed by atoms with E-state index in [2.05, 4.69) is 41.1 Å². The molecule has 128 valence electrons. The third kappa shape index (κ3) is 4.04. The maximum atomic E-state index is 11.6. The Balaban J connectivity index is 1.69. The zero-order valence-corrected chi connectivity index (χ0v) is 15.0. The molecule has 0 saturated carbocycles.